The SMILES string of the molecule is CCC(C)(C)c1ccc(OS(=O)(=O)C(F)(F)C(F)(F)C(F)(F)S(=O)(=O)NS(=O)(=O)C(F)(F)F)cc1. The molecule has 8 nitrogen and oxygen atoms in total. The number of hydrogen-bond donors (Lipinski definition) is 1. The highest BCUT2D eigenvalue weighted by molar-refractivity contribution is 8.05. The number of sulfonamides is 2. The van der Waals surface area contributed by atoms with Gasteiger partial charge in [-0.05, 0) is 29.5 Å². The number of rotatable bonds is 10. The Morgan fingerprint density at radius 3 is 1.54 bits per heavy atom. The Bertz CT molecular complexity index is 1260. The van der Waals surface area contributed by atoms with Crippen molar-refractivity contribution < 1.29 is 69.0 Å². The summed E-state index contributed by atoms with van der Waals surface area (Å²) in [5, 5.41) is -14.5. The minimum Gasteiger partial charge on any atom is -0.378 e. The molecule has 0 aliphatic rings. The Hall–Kier alpha value is -1.80. The Labute approximate surface area is 193 Å². The van der Waals surface area contributed by atoms with Crippen molar-refractivity contribution >= 4 is 30.2 Å². The first kappa shape index (κ1) is 31.2. The predicted molar refractivity (Wildman–Crippen MR) is 101 cm³/mol. The molecule has 1 aromatic rings. The largest absolute Gasteiger partial charge is 0.512 e. The summed E-state index contributed by atoms with van der Waals surface area (Å²) in [5.74, 6) is -8.64. The van der Waals surface area contributed by atoms with Crippen molar-refractivity contribution in [2.45, 2.75) is 54.5 Å². The molecule has 0 spiro atoms. The fourth-order valence-electron chi connectivity index (χ4n) is 2.08. The molecule has 0 aliphatic heterocycles. The van der Waals surface area contributed by atoms with Crippen LogP contribution < -0.4 is 8.31 Å². The monoisotopic (exact) mass is 589 g/mol. The molecule has 0 fully saturated rings. The van der Waals surface area contributed by atoms with Crippen molar-refractivity contribution in [2.24, 2.45) is 0 Å². The molecule has 0 radical (unpaired) electrons. The van der Waals surface area contributed by atoms with Gasteiger partial charge in [0.15, 0.2) is 0 Å². The van der Waals surface area contributed by atoms with Crippen LogP contribution in [0.15, 0.2) is 24.3 Å². The quantitative estimate of drug-likeness (QED) is 0.326. The maximum absolute atomic E-state index is 14.1. The fraction of sp³-hybridized carbons (Fsp3) is 0.600. The molecule has 0 saturated heterocycles. The molecule has 204 valence electrons. The predicted octanol–water partition coefficient (Wildman–Crippen LogP) is 3.67. The van der Waals surface area contributed by atoms with Crippen LogP contribution in [0, 0.1) is 0 Å². The molecule has 0 atom stereocenters. The van der Waals surface area contributed by atoms with Crippen LogP contribution in [0.2, 0.25) is 0 Å². The highest BCUT2D eigenvalue weighted by Crippen LogP contribution is 2.51. The third kappa shape index (κ3) is 5.48. The lowest BCUT2D eigenvalue weighted by atomic mass is 9.82. The van der Waals surface area contributed by atoms with Crippen molar-refractivity contribution in [2.75, 3.05) is 0 Å². The van der Waals surface area contributed by atoms with Crippen LogP contribution in [-0.4, -0.2) is 47.2 Å². The molecule has 1 N–H and O–H groups in total. The minimum absolute atomic E-state index is 0.483. The van der Waals surface area contributed by atoms with Gasteiger partial charge in [-0.3, -0.25) is 0 Å². The second-order valence-electron chi connectivity index (χ2n) is 7.44. The summed E-state index contributed by atoms with van der Waals surface area (Å²) in [7, 11) is -22.3. The number of hydrogen-bond acceptors (Lipinski definition) is 7. The van der Waals surface area contributed by atoms with Crippen LogP contribution in [0.25, 0.3) is 0 Å². The van der Waals surface area contributed by atoms with Gasteiger partial charge in [-0.1, -0.05) is 37.0 Å². The standard InChI is InChI=1S/C15H16F9NO7S3/c1-4-11(2,3)9-5-7-10(8-6-9)32-35(30,31)14(20,21)12(16,17)13(18,19)33(26,27)25-34(28,29)15(22,23)24/h5-8,25H,4H2,1-3H3. The molecule has 20 heteroatoms. The first-order chi connectivity index (χ1) is 15.2. The van der Waals surface area contributed by atoms with Gasteiger partial charge in [-0.2, -0.15) is 47.9 Å². The molecule has 0 unspecified atom stereocenters. The Morgan fingerprint density at radius 2 is 1.17 bits per heavy atom. The Kier molecular flexibility index (Phi) is 7.98. The van der Waals surface area contributed by atoms with E-state index in [9.17, 15) is 64.8 Å². The smallest absolute Gasteiger partial charge is 0.378 e. The number of nitrogens with one attached hydrogen (secondary N) is 1. The maximum Gasteiger partial charge on any atom is 0.512 e. The highest BCUT2D eigenvalue weighted by Gasteiger charge is 2.83. The van der Waals surface area contributed by atoms with E-state index in [2.05, 4.69) is 4.18 Å². The molecule has 35 heavy (non-hydrogen) atoms. The van der Waals surface area contributed by atoms with Gasteiger partial charge >= 0.3 is 42.1 Å². The summed E-state index contributed by atoms with van der Waals surface area (Å²) in [5.41, 5.74) is -6.70. The molecular weight excluding hydrogens is 573 g/mol. The third-order valence-corrected chi connectivity index (χ3v) is 9.22. The van der Waals surface area contributed by atoms with Gasteiger partial charge < -0.3 is 4.18 Å². The van der Waals surface area contributed by atoms with E-state index >= 15 is 0 Å². The molecule has 0 bridgehead atoms. The van der Waals surface area contributed by atoms with E-state index in [1.54, 1.807) is 20.8 Å². The second kappa shape index (κ2) is 8.94. The van der Waals surface area contributed by atoms with E-state index in [0.717, 1.165) is 12.1 Å². The van der Waals surface area contributed by atoms with Crippen LogP contribution in [-0.2, 0) is 35.6 Å². The lowest BCUT2D eigenvalue weighted by Crippen LogP contribution is -2.64. The lowest BCUT2D eigenvalue weighted by molar-refractivity contribution is -0.245. The minimum atomic E-state index is -7.84. The van der Waals surface area contributed by atoms with Crippen LogP contribution in [0.3, 0.4) is 0 Å². The van der Waals surface area contributed by atoms with Gasteiger partial charge in [0.05, 0.1) is 0 Å². The summed E-state index contributed by atoms with van der Waals surface area (Å²) in [6.45, 7) is 5.17. The first-order valence-corrected chi connectivity index (χ1v) is 13.1. The summed E-state index contributed by atoms with van der Waals surface area (Å²) >= 11 is 0. The normalized spacial score (nSPS) is 15.2. The average Bonchev–Trinajstić information content (AvgIpc) is 2.65. The zero-order valence-electron chi connectivity index (χ0n) is 17.5. The average molecular weight is 589 g/mol. The van der Waals surface area contributed by atoms with Crippen molar-refractivity contribution in [1.29, 1.82) is 0 Å². The van der Waals surface area contributed by atoms with E-state index in [1.807, 2.05) is 0 Å². The van der Waals surface area contributed by atoms with Gasteiger partial charge in [-0.15, -0.1) is 0 Å². The van der Waals surface area contributed by atoms with Crippen LogP contribution >= 0.6 is 0 Å². The second-order valence-corrected chi connectivity index (χ2v) is 12.7. The van der Waals surface area contributed by atoms with Crippen molar-refractivity contribution in [3.63, 3.8) is 0 Å². The Balaban J connectivity index is 3.44. The molecule has 0 aromatic heterocycles. The van der Waals surface area contributed by atoms with E-state index in [1.165, 1.54) is 0 Å². The molecule has 1 rings (SSSR count). The molecule has 0 saturated carbocycles. The highest BCUT2D eigenvalue weighted by atomic mass is 32.3. The van der Waals surface area contributed by atoms with Crippen molar-refractivity contribution in [1.82, 2.24) is 4.13 Å². The molecule has 1 aromatic carbocycles. The lowest BCUT2D eigenvalue weighted by Gasteiger charge is -2.31. The maximum atomic E-state index is 14.1. The molecule has 0 amide bonds. The van der Waals surface area contributed by atoms with E-state index in [-0.39, 0.29) is 0 Å². The Morgan fingerprint density at radius 1 is 0.743 bits per heavy atom. The summed E-state index contributed by atoms with van der Waals surface area (Å²) < 4.78 is 191. The number of benzene rings is 1. The first-order valence-electron chi connectivity index (χ1n) is 8.72. The van der Waals surface area contributed by atoms with Crippen molar-refractivity contribution in [3.05, 3.63) is 29.8 Å². The fourth-order valence-corrected chi connectivity index (χ4v) is 5.48. The molecule has 0 heterocycles. The molecular formula is C15H16F9NO7S3. The zero-order valence-corrected chi connectivity index (χ0v) is 20.0. The van der Waals surface area contributed by atoms with Gasteiger partial charge in [0.25, 0.3) is 10.0 Å². The van der Waals surface area contributed by atoms with E-state index < -0.39 is 67.4 Å². The summed E-state index contributed by atoms with van der Waals surface area (Å²) in [6.07, 6.45) is 0.525. The third-order valence-electron chi connectivity index (χ3n) is 4.63. The van der Waals surface area contributed by atoms with Crippen molar-refractivity contribution in [3.8, 4) is 5.75 Å². The zero-order chi connectivity index (χ0) is 28.1. The van der Waals surface area contributed by atoms with Crippen LogP contribution in [0.5, 0.6) is 5.75 Å². The summed E-state index contributed by atoms with van der Waals surface area (Å²) in [6, 6.07) is 3.61. The summed E-state index contributed by atoms with van der Waals surface area (Å²) in [4.78, 5) is 0. The van der Waals surface area contributed by atoms with Gasteiger partial charge in [0.1, 0.15) is 5.75 Å². The topological polar surface area (TPSA) is 124 Å². The van der Waals surface area contributed by atoms with Crippen LogP contribution in [0.1, 0.15) is 32.8 Å². The number of halogens is 9. The molecule has 0 aliphatic carbocycles. The van der Waals surface area contributed by atoms with Gasteiger partial charge in [-0.25, -0.2) is 16.8 Å². The van der Waals surface area contributed by atoms with Gasteiger partial charge in [0.2, 0.25) is 0 Å². The van der Waals surface area contributed by atoms with E-state index in [4.69, 9.17) is 0 Å². The van der Waals surface area contributed by atoms with Gasteiger partial charge in [0, 0.05) is 0 Å². The van der Waals surface area contributed by atoms with E-state index in [0.29, 0.717) is 24.1 Å². The number of alkyl halides is 9. The van der Waals surface area contributed by atoms with Crippen LogP contribution in [0.4, 0.5) is 39.5 Å².